The fourth-order valence-corrected chi connectivity index (χ4v) is 3.36. The Kier molecular flexibility index (Phi) is 6.90. The Balaban J connectivity index is 1.71. The van der Waals surface area contributed by atoms with Crippen molar-refractivity contribution in [2.75, 3.05) is 27.7 Å². The van der Waals surface area contributed by atoms with Gasteiger partial charge in [0.2, 0.25) is 0 Å². The number of nitrogens with one attached hydrogen (secondary N) is 1. The zero-order valence-corrected chi connectivity index (χ0v) is 18.1. The Hall–Kier alpha value is -3.41. The molecule has 8 nitrogen and oxygen atoms in total. The van der Waals surface area contributed by atoms with Gasteiger partial charge >= 0.3 is 5.76 Å². The van der Waals surface area contributed by atoms with Gasteiger partial charge in [0.15, 0.2) is 5.58 Å². The first-order valence-corrected chi connectivity index (χ1v) is 9.88. The Morgan fingerprint density at radius 2 is 1.90 bits per heavy atom. The second-order valence-electron chi connectivity index (χ2n) is 7.69. The van der Waals surface area contributed by atoms with Crippen LogP contribution in [0, 0.1) is 11.3 Å². The van der Waals surface area contributed by atoms with Gasteiger partial charge in [0.05, 0.1) is 11.6 Å². The molecule has 162 valence electrons. The smallest absolute Gasteiger partial charge is 0.408 e. The largest absolute Gasteiger partial charge is 0.419 e. The molecule has 2 aromatic carbocycles. The maximum atomic E-state index is 12.4. The van der Waals surface area contributed by atoms with Crippen molar-refractivity contribution in [2.45, 2.75) is 18.6 Å². The van der Waals surface area contributed by atoms with E-state index in [0.717, 1.165) is 22.2 Å². The van der Waals surface area contributed by atoms with Crippen molar-refractivity contribution in [3.63, 3.8) is 0 Å². The molecule has 0 aliphatic rings. The van der Waals surface area contributed by atoms with Crippen molar-refractivity contribution >= 4 is 17.0 Å². The standard InChI is InChI=1S/C23H26N4O4/c1-26(2)14-21(30-4)22(28)25-18(13-24)11-15-5-7-16(8-6-15)17-9-10-20-19(12-17)27(3)23(29)31-20/h5-10,12,18,21H,11,14H2,1-4H3,(H,25,28)/t18-,21-/m0/s1. The summed E-state index contributed by atoms with van der Waals surface area (Å²) < 4.78 is 11.9. The van der Waals surface area contributed by atoms with Crippen LogP contribution in [0.3, 0.4) is 0 Å². The molecule has 0 bridgehead atoms. The zero-order chi connectivity index (χ0) is 22.5. The molecule has 0 fully saturated rings. The van der Waals surface area contributed by atoms with Gasteiger partial charge in [-0.2, -0.15) is 5.26 Å². The predicted octanol–water partition coefficient (Wildman–Crippen LogP) is 1.93. The SMILES string of the molecule is CO[C@@H](CN(C)C)C(=O)N[C@H](C#N)Cc1ccc(-c2ccc3oc(=O)n(C)c3c2)cc1. The van der Waals surface area contributed by atoms with Gasteiger partial charge in [-0.1, -0.05) is 30.3 Å². The number of fused-ring (bicyclic) bond motifs is 1. The minimum Gasteiger partial charge on any atom is -0.408 e. The average molecular weight is 422 g/mol. The van der Waals surface area contributed by atoms with E-state index < -0.39 is 17.9 Å². The van der Waals surface area contributed by atoms with Crippen LogP contribution in [0.15, 0.2) is 51.7 Å². The van der Waals surface area contributed by atoms with Gasteiger partial charge in [-0.25, -0.2) is 4.79 Å². The summed E-state index contributed by atoms with van der Waals surface area (Å²) in [7, 11) is 6.86. The molecule has 0 unspecified atom stereocenters. The third-order valence-corrected chi connectivity index (χ3v) is 5.10. The molecular weight excluding hydrogens is 396 g/mol. The third kappa shape index (κ3) is 5.20. The van der Waals surface area contributed by atoms with E-state index in [2.05, 4.69) is 11.4 Å². The molecule has 8 heteroatoms. The molecule has 2 atom stereocenters. The lowest BCUT2D eigenvalue weighted by atomic mass is 10.0. The number of hydrogen-bond donors (Lipinski definition) is 1. The number of hydrogen-bond acceptors (Lipinski definition) is 6. The Bertz CT molecular complexity index is 1160. The van der Waals surface area contributed by atoms with Crippen molar-refractivity contribution < 1.29 is 13.9 Å². The van der Waals surface area contributed by atoms with E-state index in [1.165, 1.54) is 11.7 Å². The summed E-state index contributed by atoms with van der Waals surface area (Å²) in [6.45, 7) is 0.432. The van der Waals surface area contributed by atoms with Crippen LogP contribution in [0.1, 0.15) is 5.56 Å². The van der Waals surface area contributed by atoms with Gasteiger partial charge in [0, 0.05) is 27.1 Å². The molecule has 0 saturated heterocycles. The molecule has 0 aliphatic carbocycles. The summed E-state index contributed by atoms with van der Waals surface area (Å²) in [5.74, 6) is -0.702. The number of nitrogens with zero attached hydrogens (tertiary/aromatic N) is 3. The minimum absolute atomic E-state index is 0.307. The first-order chi connectivity index (χ1) is 14.8. The number of rotatable bonds is 8. The van der Waals surface area contributed by atoms with Crippen LogP contribution in [0.25, 0.3) is 22.2 Å². The topological polar surface area (TPSA) is 100 Å². The summed E-state index contributed by atoms with van der Waals surface area (Å²) in [5.41, 5.74) is 4.12. The maximum Gasteiger partial charge on any atom is 0.419 e. The van der Waals surface area contributed by atoms with E-state index in [0.29, 0.717) is 18.5 Å². The molecule has 31 heavy (non-hydrogen) atoms. The van der Waals surface area contributed by atoms with Crippen LogP contribution in [0.5, 0.6) is 0 Å². The number of benzene rings is 2. The zero-order valence-electron chi connectivity index (χ0n) is 18.1. The molecule has 3 aromatic rings. The second-order valence-corrected chi connectivity index (χ2v) is 7.69. The first-order valence-electron chi connectivity index (χ1n) is 9.88. The lowest BCUT2D eigenvalue weighted by molar-refractivity contribution is -0.132. The summed E-state index contributed by atoms with van der Waals surface area (Å²) >= 11 is 0. The highest BCUT2D eigenvalue weighted by Gasteiger charge is 2.22. The first kappa shape index (κ1) is 22.3. The monoisotopic (exact) mass is 422 g/mol. The molecule has 1 heterocycles. The third-order valence-electron chi connectivity index (χ3n) is 5.10. The summed E-state index contributed by atoms with van der Waals surface area (Å²) in [5, 5.41) is 12.2. The normalized spacial score (nSPS) is 13.2. The highest BCUT2D eigenvalue weighted by Crippen LogP contribution is 2.24. The number of aromatic nitrogens is 1. The number of oxazole rings is 1. The van der Waals surface area contributed by atoms with Crippen molar-refractivity contribution in [2.24, 2.45) is 7.05 Å². The number of likely N-dealkylation sites (N-methyl/N-ethyl adjacent to an activating group) is 1. The van der Waals surface area contributed by atoms with Crippen molar-refractivity contribution in [3.8, 4) is 17.2 Å². The van der Waals surface area contributed by atoms with E-state index in [9.17, 15) is 14.9 Å². The van der Waals surface area contributed by atoms with E-state index in [-0.39, 0.29) is 5.91 Å². The predicted molar refractivity (Wildman–Crippen MR) is 117 cm³/mol. The summed E-state index contributed by atoms with van der Waals surface area (Å²) in [6.07, 6.45) is -0.252. The van der Waals surface area contributed by atoms with E-state index in [1.807, 2.05) is 55.4 Å². The van der Waals surface area contributed by atoms with E-state index >= 15 is 0 Å². The van der Waals surface area contributed by atoms with E-state index in [4.69, 9.17) is 9.15 Å². The highest BCUT2D eigenvalue weighted by atomic mass is 16.5. The van der Waals surface area contributed by atoms with Gasteiger partial charge in [0.25, 0.3) is 5.91 Å². The second kappa shape index (κ2) is 9.60. The van der Waals surface area contributed by atoms with E-state index in [1.54, 1.807) is 13.1 Å². The molecule has 1 aromatic heterocycles. The van der Waals surface area contributed by atoms with Gasteiger partial charge in [0.1, 0.15) is 12.1 Å². The number of ether oxygens (including phenoxy) is 1. The maximum absolute atomic E-state index is 12.4. The van der Waals surface area contributed by atoms with Gasteiger partial charge in [-0.3, -0.25) is 9.36 Å². The van der Waals surface area contributed by atoms with Crippen LogP contribution < -0.4 is 11.1 Å². The summed E-state index contributed by atoms with van der Waals surface area (Å²) in [4.78, 5) is 25.9. The lowest BCUT2D eigenvalue weighted by Gasteiger charge is -2.21. The van der Waals surface area contributed by atoms with Crippen molar-refractivity contribution in [1.29, 1.82) is 5.26 Å². The quantitative estimate of drug-likeness (QED) is 0.595. The van der Waals surface area contributed by atoms with Crippen LogP contribution in [0.2, 0.25) is 0 Å². The lowest BCUT2D eigenvalue weighted by Crippen LogP contribution is -2.46. The molecule has 1 N–H and O–H groups in total. The fourth-order valence-electron chi connectivity index (χ4n) is 3.36. The molecule has 0 saturated carbocycles. The molecule has 0 spiro atoms. The minimum atomic E-state index is -0.657. The fraction of sp³-hybridized carbons (Fsp3) is 0.348. The molecule has 0 radical (unpaired) electrons. The summed E-state index contributed by atoms with van der Waals surface area (Å²) in [6, 6.07) is 14.8. The molecule has 3 rings (SSSR count). The molecule has 0 aliphatic heterocycles. The number of carbonyl (C=O) groups excluding carboxylic acids is 1. The Morgan fingerprint density at radius 3 is 2.52 bits per heavy atom. The van der Waals surface area contributed by atoms with Crippen LogP contribution in [0.4, 0.5) is 0 Å². The van der Waals surface area contributed by atoms with Crippen molar-refractivity contribution in [3.05, 3.63) is 58.6 Å². The van der Waals surface area contributed by atoms with Crippen LogP contribution in [-0.4, -0.2) is 55.3 Å². The highest BCUT2D eigenvalue weighted by molar-refractivity contribution is 5.82. The number of carbonyl (C=O) groups is 1. The van der Waals surface area contributed by atoms with Gasteiger partial charge < -0.3 is 19.4 Å². The Labute approximate surface area is 180 Å². The molecule has 1 amide bonds. The number of amides is 1. The Morgan fingerprint density at radius 1 is 1.23 bits per heavy atom. The van der Waals surface area contributed by atoms with Gasteiger partial charge in [-0.05, 0) is 42.9 Å². The van der Waals surface area contributed by atoms with Crippen molar-refractivity contribution in [1.82, 2.24) is 14.8 Å². The average Bonchev–Trinajstić information content (AvgIpc) is 3.04. The number of nitriles is 1. The van der Waals surface area contributed by atoms with Crippen LogP contribution in [-0.2, 0) is 23.0 Å². The molecular formula is C23H26N4O4. The van der Waals surface area contributed by atoms with Crippen LogP contribution >= 0.6 is 0 Å². The number of methoxy groups -OCH3 is 1. The van der Waals surface area contributed by atoms with Gasteiger partial charge in [-0.15, -0.1) is 0 Å². The number of aryl methyl sites for hydroxylation is 1.